The number of methoxy groups -OCH3 is 4. The summed E-state index contributed by atoms with van der Waals surface area (Å²) in [5.41, 5.74) is 8.31. The maximum absolute atomic E-state index is 12.2. The molecule has 0 aliphatic carbocycles. The van der Waals surface area contributed by atoms with E-state index in [0.29, 0.717) is 52.6 Å². The lowest BCUT2D eigenvalue weighted by molar-refractivity contribution is 0.0588. The zero-order valence-electron chi connectivity index (χ0n) is 16.2. The molecule has 148 valence electrons. The molecule has 0 spiro atoms. The Morgan fingerprint density at radius 1 is 1.15 bits per heavy atom. The highest BCUT2D eigenvalue weighted by molar-refractivity contribution is 5.94. The van der Waals surface area contributed by atoms with E-state index < -0.39 is 12.1 Å². The van der Waals surface area contributed by atoms with E-state index in [1.807, 2.05) is 0 Å². The molecule has 8 heteroatoms. The van der Waals surface area contributed by atoms with Gasteiger partial charge in [-0.15, -0.1) is 0 Å². The number of rotatable bonds is 8. The van der Waals surface area contributed by atoms with Crippen LogP contribution in [-0.2, 0) is 11.2 Å². The van der Waals surface area contributed by atoms with Crippen molar-refractivity contribution in [2.75, 3.05) is 35.0 Å². The lowest BCUT2D eigenvalue weighted by atomic mass is 9.94. The van der Waals surface area contributed by atoms with Crippen LogP contribution >= 0.6 is 0 Å². The fraction of sp³-hybridized carbons (Fsp3) is 0.421. The second kappa shape index (κ2) is 8.79. The molecule has 0 radical (unpaired) electrons. The van der Waals surface area contributed by atoms with Crippen molar-refractivity contribution < 1.29 is 28.8 Å². The number of nitrogens with one attached hydrogen (secondary N) is 1. The van der Waals surface area contributed by atoms with Crippen molar-refractivity contribution in [3.05, 3.63) is 29.1 Å². The monoisotopic (exact) mass is 378 g/mol. The SMILES string of the molecule is COC(=O)c1[nH]c(CCN)c(-c2ccc(OC)c(OC)c2OC)c1C(C)O. The number of aromatic amines is 1. The van der Waals surface area contributed by atoms with Crippen LogP contribution in [0.1, 0.15) is 34.8 Å². The number of nitrogens with two attached hydrogens (primary N) is 1. The van der Waals surface area contributed by atoms with Crippen molar-refractivity contribution in [2.24, 2.45) is 5.73 Å². The van der Waals surface area contributed by atoms with Crippen LogP contribution in [0.25, 0.3) is 11.1 Å². The molecule has 0 saturated carbocycles. The van der Waals surface area contributed by atoms with Gasteiger partial charge in [0.1, 0.15) is 5.69 Å². The van der Waals surface area contributed by atoms with Gasteiger partial charge >= 0.3 is 5.97 Å². The first-order valence-electron chi connectivity index (χ1n) is 8.45. The van der Waals surface area contributed by atoms with Crippen LogP contribution < -0.4 is 19.9 Å². The van der Waals surface area contributed by atoms with Crippen LogP contribution in [0, 0.1) is 0 Å². The molecular formula is C19H26N2O6. The molecule has 1 heterocycles. The largest absolute Gasteiger partial charge is 0.493 e. The van der Waals surface area contributed by atoms with Gasteiger partial charge in [0.15, 0.2) is 11.5 Å². The van der Waals surface area contributed by atoms with Gasteiger partial charge in [0.2, 0.25) is 5.75 Å². The predicted octanol–water partition coefficient (Wildman–Crippen LogP) is 2.05. The first-order valence-corrected chi connectivity index (χ1v) is 8.45. The number of aromatic nitrogens is 1. The summed E-state index contributed by atoms with van der Waals surface area (Å²) in [5.74, 6) is 0.761. The highest BCUT2D eigenvalue weighted by atomic mass is 16.5. The van der Waals surface area contributed by atoms with Gasteiger partial charge in [-0.1, -0.05) is 0 Å². The third-order valence-electron chi connectivity index (χ3n) is 4.29. The summed E-state index contributed by atoms with van der Waals surface area (Å²) in [6, 6.07) is 3.52. The number of carbonyl (C=O) groups is 1. The highest BCUT2D eigenvalue weighted by Crippen LogP contribution is 2.47. The fourth-order valence-electron chi connectivity index (χ4n) is 3.19. The Kier molecular flexibility index (Phi) is 6.70. The lowest BCUT2D eigenvalue weighted by Gasteiger charge is -2.18. The Hall–Kier alpha value is -2.71. The number of aliphatic hydroxyl groups excluding tert-OH is 1. The molecule has 27 heavy (non-hydrogen) atoms. The third-order valence-corrected chi connectivity index (χ3v) is 4.29. The summed E-state index contributed by atoms with van der Waals surface area (Å²) in [6.07, 6.45) is -0.474. The number of H-pyrrole nitrogens is 1. The van der Waals surface area contributed by atoms with Gasteiger partial charge in [-0.2, -0.15) is 0 Å². The molecular weight excluding hydrogens is 352 g/mol. The van der Waals surface area contributed by atoms with Crippen molar-refractivity contribution >= 4 is 5.97 Å². The van der Waals surface area contributed by atoms with E-state index in [9.17, 15) is 9.90 Å². The lowest BCUT2D eigenvalue weighted by Crippen LogP contribution is -2.07. The van der Waals surface area contributed by atoms with Crippen LogP contribution in [0.15, 0.2) is 12.1 Å². The van der Waals surface area contributed by atoms with Gasteiger partial charge in [-0.05, 0) is 25.6 Å². The molecule has 1 aromatic heterocycles. The topological polar surface area (TPSA) is 116 Å². The molecule has 4 N–H and O–H groups in total. The van der Waals surface area contributed by atoms with Crippen molar-refractivity contribution in [1.82, 2.24) is 4.98 Å². The maximum atomic E-state index is 12.2. The maximum Gasteiger partial charge on any atom is 0.354 e. The molecule has 0 fully saturated rings. The summed E-state index contributed by atoms with van der Waals surface area (Å²) in [6.45, 7) is 1.93. The Balaban J connectivity index is 2.88. The summed E-state index contributed by atoms with van der Waals surface area (Å²) in [7, 11) is 5.84. The van der Waals surface area contributed by atoms with E-state index in [4.69, 9.17) is 24.7 Å². The van der Waals surface area contributed by atoms with Crippen molar-refractivity contribution in [3.63, 3.8) is 0 Å². The van der Waals surface area contributed by atoms with Gasteiger partial charge in [0.05, 0.1) is 34.5 Å². The van der Waals surface area contributed by atoms with E-state index in [0.717, 1.165) is 0 Å². The fourth-order valence-corrected chi connectivity index (χ4v) is 3.19. The number of hydrogen-bond donors (Lipinski definition) is 3. The standard InChI is InChI=1S/C19H26N2O6/c1-10(22)14-15(12(8-9-20)21-16(14)19(23)27-5)11-6-7-13(24-2)18(26-4)17(11)25-3/h6-7,10,21-22H,8-9,20H2,1-5H3. The van der Waals surface area contributed by atoms with E-state index in [1.54, 1.807) is 19.1 Å². The molecule has 1 unspecified atom stereocenters. The molecule has 0 aliphatic rings. The first kappa shape index (κ1) is 20.6. The second-order valence-corrected chi connectivity index (χ2v) is 5.86. The van der Waals surface area contributed by atoms with Crippen molar-refractivity contribution in [2.45, 2.75) is 19.4 Å². The van der Waals surface area contributed by atoms with Crippen LogP contribution in [0.3, 0.4) is 0 Å². The van der Waals surface area contributed by atoms with Crippen molar-refractivity contribution in [3.8, 4) is 28.4 Å². The number of carbonyl (C=O) groups excluding carboxylic acids is 1. The molecule has 0 amide bonds. The van der Waals surface area contributed by atoms with Crippen LogP contribution in [0.2, 0.25) is 0 Å². The van der Waals surface area contributed by atoms with Gasteiger partial charge in [-0.25, -0.2) is 4.79 Å². The molecule has 0 aliphatic heterocycles. The average molecular weight is 378 g/mol. The minimum atomic E-state index is -0.935. The van der Waals surface area contributed by atoms with Crippen molar-refractivity contribution in [1.29, 1.82) is 0 Å². The van der Waals surface area contributed by atoms with Crippen LogP contribution in [0.4, 0.5) is 0 Å². The summed E-state index contributed by atoms with van der Waals surface area (Å²) < 4.78 is 21.2. The van der Waals surface area contributed by atoms with Gasteiger partial charge in [0, 0.05) is 28.8 Å². The smallest absolute Gasteiger partial charge is 0.354 e. The van der Waals surface area contributed by atoms with Crippen LogP contribution in [0.5, 0.6) is 17.2 Å². The molecule has 0 bridgehead atoms. The van der Waals surface area contributed by atoms with Crippen LogP contribution in [-0.4, -0.2) is 51.0 Å². The van der Waals surface area contributed by atoms with Gasteiger partial charge < -0.3 is 34.8 Å². The van der Waals surface area contributed by atoms with E-state index in [1.165, 1.54) is 28.4 Å². The Morgan fingerprint density at radius 3 is 2.30 bits per heavy atom. The molecule has 0 saturated heterocycles. The zero-order chi connectivity index (χ0) is 20.1. The predicted molar refractivity (Wildman–Crippen MR) is 101 cm³/mol. The number of ether oxygens (including phenoxy) is 4. The number of esters is 1. The molecule has 2 aromatic rings. The Labute approximate surface area is 158 Å². The zero-order valence-corrected chi connectivity index (χ0v) is 16.2. The molecule has 2 rings (SSSR count). The Morgan fingerprint density at radius 2 is 1.81 bits per heavy atom. The van der Waals surface area contributed by atoms with Gasteiger partial charge in [0.25, 0.3) is 0 Å². The van der Waals surface area contributed by atoms with E-state index in [-0.39, 0.29) is 5.69 Å². The molecule has 1 atom stereocenters. The van der Waals surface area contributed by atoms with Gasteiger partial charge in [-0.3, -0.25) is 0 Å². The summed E-state index contributed by atoms with van der Waals surface area (Å²) in [5, 5.41) is 10.4. The van der Waals surface area contributed by atoms with E-state index in [2.05, 4.69) is 4.98 Å². The minimum Gasteiger partial charge on any atom is -0.493 e. The third kappa shape index (κ3) is 3.72. The highest BCUT2D eigenvalue weighted by Gasteiger charge is 2.29. The number of benzene rings is 1. The number of hydrogen-bond acceptors (Lipinski definition) is 7. The second-order valence-electron chi connectivity index (χ2n) is 5.86. The van der Waals surface area contributed by atoms with E-state index >= 15 is 0 Å². The quantitative estimate of drug-likeness (QED) is 0.602. The normalized spacial score (nSPS) is 11.8. The first-order chi connectivity index (χ1) is 12.9. The molecule has 1 aromatic carbocycles. The number of aliphatic hydroxyl groups is 1. The minimum absolute atomic E-state index is 0.183. The summed E-state index contributed by atoms with van der Waals surface area (Å²) >= 11 is 0. The average Bonchev–Trinajstić information content (AvgIpc) is 3.05. The molecule has 8 nitrogen and oxygen atoms in total. The Bertz CT molecular complexity index is 813. The summed E-state index contributed by atoms with van der Waals surface area (Å²) in [4.78, 5) is 15.3.